The highest BCUT2D eigenvalue weighted by atomic mass is 32.1. The molecular formula is C26H30N4OS. The molecule has 32 heavy (non-hydrogen) atoms. The zero-order chi connectivity index (χ0) is 22.8. The molecule has 1 atom stereocenters. The number of thiophene rings is 1. The lowest BCUT2D eigenvalue weighted by molar-refractivity contribution is 0.205. The maximum Gasteiger partial charge on any atom is 0.136 e. The summed E-state index contributed by atoms with van der Waals surface area (Å²) >= 11 is 1.51. The molecule has 0 aliphatic rings. The van der Waals surface area contributed by atoms with Gasteiger partial charge in [-0.05, 0) is 35.9 Å². The summed E-state index contributed by atoms with van der Waals surface area (Å²) in [5, 5.41) is 15.5. The van der Waals surface area contributed by atoms with Crippen molar-refractivity contribution in [3.8, 4) is 5.75 Å². The summed E-state index contributed by atoms with van der Waals surface area (Å²) in [4.78, 5) is 0.752. The van der Waals surface area contributed by atoms with Crippen molar-refractivity contribution >= 4 is 32.9 Å². The van der Waals surface area contributed by atoms with Gasteiger partial charge in [-0.1, -0.05) is 68.4 Å². The Hall–Kier alpha value is -3.35. The molecule has 4 rings (SSSR count). The SMILES string of the molecule is CC.N=C(N)c1cc2c(OC(CNCNc3ccccc3)c3ccccc3)cccc2s1. The maximum absolute atomic E-state index is 7.73. The first-order chi connectivity index (χ1) is 15.7. The highest BCUT2D eigenvalue weighted by Crippen LogP contribution is 2.34. The van der Waals surface area contributed by atoms with E-state index in [4.69, 9.17) is 15.9 Å². The second-order valence-corrected chi connectivity index (χ2v) is 7.97. The summed E-state index contributed by atoms with van der Waals surface area (Å²) in [5.41, 5.74) is 7.86. The van der Waals surface area contributed by atoms with Gasteiger partial charge in [0.2, 0.25) is 0 Å². The molecule has 166 valence electrons. The molecule has 1 unspecified atom stereocenters. The van der Waals surface area contributed by atoms with E-state index < -0.39 is 0 Å². The zero-order valence-corrected chi connectivity index (χ0v) is 19.3. The topological polar surface area (TPSA) is 83.2 Å². The molecule has 0 amide bonds. The molecule has 1 heterocycles. The first-order valence-corrected chi connectivity index (χ1v) is 11.6. The first kappa shape index (κ1) is 23.3. The van der Waals surface area contributed by atoms with Crippen LogP contribution >= 0.6 is 11.3 Å². The van der Waals surface area contributed by atoms with Crippen molar-refractivity contribution in [3.05, 3.63) is 95.4 Å². The Labute approximate surface area is 193 Å². The lowest BCUT2D eigenvalue weighted by Gasteiger charge is -2.21. The molecule has 0 saturated heterocycles. The van der Waals surface area contributed by atoms with E-state index in [-0.39, 0.29) is 11.9 Å². The summed E-state index contributed by atoms with van der Waals surface area (Å²) in [6.07, 6.45) is -0.157. The van der Waals surface area contributed by atoms with Crippen molar-refractivity contribution in [2.45, 2.75) is 20.0 Å². The second kappa shape index (κ2) is 11.9. The molecule has 3 aromatic carbocycles. The summed E-state index contributed by atoms with van der Waals surface area (Å²) in [6.45, 7) is 5.28. The third kappa shape index (κ3) is 6.09. The van der Waals surface area contributed by atoms with Crippen LogP contribution < -0.4 is 21.1 Å². The number of para-hydroxylation sites is 1. The number of nitrogen functional groups attached to an aromatic ring is 1. The summed E-state index contributed by atoms with van der Waals surface area (Å²) in [6, 6.07) is 28.2. The Morgan fingerprint density at radius 2 is 1.66 bits per heavy atom. The molecule has 0 aliphatic carbocycles. The third-order valence-electron chi connectivity index (χ3n) is 4.75. The Balaban J connectivity index is 0.00000141. The number of nitrogens with two attached hydrogens (primary N) is 1. The summed E-state index contributed by atoms with van der Waals surface area (Å²) < 4.78 is 7.52. The minimum Gasteiger partial charge on any atom is -0.484 e. The quantitative estimate of drug-likeness (QED) is 0.110. The van der Waals surface area contributed by atoms with Gasteiger partial charge in [0.15, 0.2) is 0 Å². The molecule has 5 N–H and O–H groups in total. The van der Waals surface area contributed by atoms with Crippen molar-refractivity contribution in [1.29, 1.82) is 5.41 Å². The van der Waals surface area contributed by atoms with Gasteiger partial charge in [-0.3, -0.25) is 10.7 Å². The average molecular weight is 447 g/mol. The van der Waals surface area contributed by atoms with Crippen LogP contribution in [0, 0.1) is 5.41 Å². The van der Waals surface area contributed by atoms with Gasteiger partial charge in [-0.2, -0.15) is 0 Å². The van der Waals surface area contributed by atoms with Crippen LogP contribution in [0.25, 0.3) is 10.1 Å². The summed E-state index contributed by atoms with van der Waals surface area (Å²) in [7, 11) is 0. The predicted octanol–water partition coefficient (Wildman–Crippen LogP) is 5.99. The third-order valence-corrected chi connectivity index (χ3v) is 5.88. The van der Waals surface area contributed by atoms with Crippen LogP contribution in [0.3, 0.4) is 0 Å². The standard InChI is InChI=1S/C24H24N4OS.C2H6/c25-24(26)23-14-19-20(12-7-13-22(19)30-23)29-21(17-8-3-1-4-9-17)15-27-16-28-18-10-5-2-6-11-18;1-2/h1-14,21,27-28H,15-16H2,(H3,25,26);1-2H3. The predicted molar refractivity (Wildman–Crippen MR) is 137 cm³/mol. The maximum atomic E-state index is 7.73. The van der Waals surface area contributed by atoms with Gasteiger partial charge in [0, 0.05) is 22.3 Å². The van der Waals surface area contributed by atoms with E-state index in [1.807, 2.05) is 86.6 Å². The minimum atomic E-state index is -0.157. The van der Waals surface area contributed by atoms with Crippen molar-refractivity contribution < 1.29 is 4.74 Å². The van der Waals surface area contributed by atoms with Gasteiger partial charge in [0.25, 0.3) is 0 Å². The van der Waals surface area contributed by atoms with Gasteiger partial charge in [-0.15, -0.1) is 11.3 Å². The number of hydrogen-bond acceptors (Lipinski definition) is 5. The lowest BCUT2D eigenvalue weighted by Crippen LogP contribution is -2.29. The van der Waals surface area contributed by atoms with Gasteiger partial charge < -0.3 is 15.8 Å². The Bertz CT molecular complexity index is 1110. The van der Waals surface area contributed by atoms with E-state index in [9.17, 15) is 0 Å². The van der Waals surface area contributed by atoms with Gasteiger partial charge in [-0.25, -0.2) is 0 Å². The Kier molecular flexibility index (Phi) is 8.66. The van der Waals surface area contributed by atoms with E-state index in [2.05, 4.69) is 22.8 Å². The van der Waals surface area contributed by atoms with Crippen LogP contribution in [0.1, 0.15) is 30.4 Å². The molecule has 0 saturated carbocycles. The second-order valence-electron chi connectivity index (χ2n) is 6.88. The number of fused-ring (bicyclic) bond motifs is 1. The van der Waals surface area contributed by atoms with Crippen LogP contribution in [-0.2, 0) is 0 Å². The largest absolute Gasteiger partial charge is 0.484 e. The van der Waals surface area contributed by atoms with Crippen LogP contribution in [0.5, 0.6) is 5.75 Å². The monoisotopic (exact) mass is 446 g/mol. The van der Waals surface area contributed by atoms with E-state index in [1.165, 1.54) is 11.3 Å². The van der Waals surface area contributed by atoms with Gasteiger partial charge >= 0.3 is 0 Å². The molecule has 1 aromatic heterocycles. The molecule has 5 nitrogen and oxygen atoms in total. The summed E-state index contributed by atoms with van der Waals surface area (Å²) in [5.74, 6) is 0.873. The number of anilines is 1. The fourth-order valence-corrected chi connectivity index (χ4v) is 4.18. The van der Waals surface area contributed by atoms with Crippen LogP contribution in [0.15, 0.2) is 84.9 Å². The number of ether oxygens (including phenoxy) is 1. The minimum absolute atomic E-state index is 0.0791. The molecule has 0 bridgehead atoms. The van der Waals surface area contributed by atoms with E-state index in [0.717, 1.165) is 32.0 Å². The van der Waals surface area contributed by atoms with Gasteiger partial charge in [0.05, 0.1) is 11.5 Å². The number of amidine groups is 1. The van der Waals surface area contributed by atoms with E-state index in [0.29, 0.717) is 13.2 Å². The van der Waals surface area contributed by atoms with Crippen molar-refractivity contribution in [3.63, 3.8) is 0 Å². The number of hydrogen-bond donors (Lipinski definition) is 4. The van der Waals surface area contributed by atoms with Crippen LogP contribution in [0.4, 0.5) is 5.69 Å². The Morgan fingerprint density at radius 1 is 0.969 bits per heavy atom. The Morgan fingerprint density at radius 3 is 2.34 bits per heavy atom. The average Bonchev–Trinajstić information content (AvgIpc) is 3.29. The number of nitrogens with one attached hydrogen (secondary N) is 3. The zero-order valence-electron chi connectivity index (χ0n) is 18.5. The molecular weight excluding hydrogens is 416 g/mol. The molecule has 0 spiro atoms. The van der Waals surface area contributed by atoms with Gasteiger partial charge in [0.1, 0.15) is 17.7 Å². The van der Waals surface area contributed by atoms with Crippen LogP contribution in [0.2, 0.25) is 0 Å². The first-order valence-electron chi connectivity index (χ1n) is 10.8. The van der Waals surface area contributed by atoms with E-state index >= 15 is 0 Å². The van der Waals surface area contributed by atoms with Crippen molar-refractivity contribution in [1.82, 2.24) is 5.32 Å². The molecule has 0 aliphatic heterocycles. The molecule has 0 fully saturated rings. The van der Waals surface area contributed by atoms with E-state index in [1.54, 1.807) is 0 Å². The fourth-order valence-electron chi connectivity index (χ4n) is 3.24. The highest BCUT2D eigenvalue weighted by molar-refractivity contribution is 7.20. The fraction of sp³-hybridized carbons (Fsp3) is 0.192. The lowest BCUT2D eigenvalue weighted by atomic mass is 10.1. The number of rotatable bonds is 9. The molecule has 0 radical (unpaired) electrons. The number of benzene rings is 3. The highest BCUT2D eigenvalue weighted by Gasteiger charge is 2.16. The van der Waals surface area contributed by atoms with Crippen LogP contribution in [-0.4, -0.2) is 19.0 Å². The normalized spacial score (nSPS) is 11.3. The van der Waals surface area contributed by atoms with Crippen molar-refractivity contribution in [2.75, 3.05) is 18.5 Å². The molecule has 4 aromatic rings. The molecule has 6 heteroatoms. The smallest absolute Gasteiger partial charge is 0.136 e. The van der Waals surface area contributed by atoms with Crippen molar-refractivity contribution in [2.24, 2.45) is 5.73 Å².